The van der Waals surface area contributed by atoms with Crippen LogP contribution in [0.2, 0.25) is 0 Å². The van der Waals surface area contributed by atoms with Crippen LogP contribution in [0.1, 0.15) is 25.0 Å². The quantitative estimate of drug-likeness (QED) is 0.613. The van der Waals surface area contributed by atoms with Crippen LogP contribution in [0.4, 0.5) is 17.1 Å². The van der Waals surface area contributed by atoms with Crippen molar-refractivity contribution in [2.75, 3.05) is 16.8 Å². The van der Waals surface area contributed by atoms with Gasteiger partial charge in [0.2, 0.25) is 5.91 Å². The first-order valence-electron chi connectivity index (χ1n) is 9.31. The Labute approximate surface area is 168 Å². The van der Waals surface area contributed by atoms with E-state index in [0.717, 1.165) is 11.1 Å². The van der Waals surface area contributed by atoms with Gasteiger partial charge >= 0.3 is 0 Å². The maximum atomic E-state index is 12.9. The summed E-state index contributed by atoms with van der Waals surface area (Å²) in [5.74, 6) is -0.659. The molecule has 2 amide bonds. The number of nitrogens with one attached hydrogen (secondary N) is 1. The Morgan fingerprint density at radius 3 is 2.59 bits per heavy atom. The molecule has 1 N–H and O–H groups in total. The molecule has 0 fully saturated rings. The van der Waals surface area contributed by atoms with Crippen molar-refractivity contribution in [3.05, 3.63) is 57.6 Å². The van der Waals surface area contributed by atoms with E-state index in [-0.39, 0.29) is 35.7 Å². The number of fused-ring (bicyclic) bond motifs is 1. The third-order valence-corrected chi connectivity index (χ3v) is 4.77. The van der Waals surface area contributed by atoms with Crippen LogP contribution in [0.15, 0.2) is 36.4 Å². The van der Waals surface area contributed by atoms with Crippen molar-refractivity contribution in [3.8, 4) is 5.75 Å². The Kier molecular flexibility index (Phi) is 5.54. The molecule has 0 radical (unpaired) electrons. The van der Waals surface area contributed by atoms with Crippen LogP contribution in [0.25, 0.3) is 0 Å². The Bertz CT molecular complexity index is 986. The molecule has 2 aromatic rings. The summed E-state index contributed by atoms with van der Waals surface area (Å²) in [5.41, 5.74) is 2.88. The van der Waals surface area contributed by atoms with Crippen LogP contribution >= 0.6 is 0 Å². The predicted molar refractivity (Wildman–Crippen MR) is 109 cm³/mol. The Balaban J connectivity index is 1.89. The van der Waals surface area contributed by atoms with E-state index >= 15 is 0 Å². The maximum Gasteiger partial charge on any atom is 0.273 e. The van der Waals surface area contributed by atoms with Gasteiger partial charge in [-0.3, -0.25) is 24.6 Å². The fourth-order valence-corrected chi connectivity index (χ4v) is 3.26. The normalized spacial score (nSPS) is 15.7. The van der Waals surface area contributed by atoms with E-state index in [9.17, 15) is 19.7 Å². The molecule has 0 aromatic heterocycles. The number of nitro groups is 1. The second kappa shape index (κ2) is 7.90. The average Bonchev–Trinajstić information content (AvgIpc) is 2.65. The van der Waals surface area contributed by atoms with Crippen LogP contribution in [0.3, 0.4) is 0 Å². The highest BCUT2D eigenvalue weighted by molar-refractivity contribution is 6.06. The van der Waals surface area contributed by atoms with Crippen LogP contribution in [-0.4, -0.2) is 29.4 Å². The molecule has 1 heterocycles. The highest BCUT2D eigenvalue weighted by atomic mass is 16.6. The summed E-state index contributed by atoms with van der Waals surface area (Å²) < 4.78 is 5.73. The number of anilines is 2. The first-order valence-corrected chi connectivity index (χ1v) is 9.31. The number of non-ortho nitro benzene ring substituents is 1. The molecule has 0 bridgehead atoms. The van der Waals surface area contributed by atoms with Gasteiger partial charge in [0.25, 0.3) is 11.6 Å². The summed E-state index contributed by atoms with van der Waals surface area (Å²) in [4.78, 5) is 37.5. The first kappa shape index (κ1) is 20.3. The van der Waals surface area contributed by atoms with Crippen LogP contribution in [-0.2, 0) is 9.59 Å². The SMILES string of the molecule is Cc1ccc(NC(=O)CN2C(=O)C(C(C)C)Oc3cc([N+](=O)[O-])ccc32)c(C)c1. The Morgan fingerprint density at radius 1 is 1.24 bits per heavy atom. The number of ether oxygens (including phenoxy) is 1. The smallest absolute Gasteiger partial charge is 0.273 e. The fraction of sp³-hybridized carbons (Fsp3) is 0.333. The lowest BCUT2D eigenvalue weighted by molar-refractivity contribution is -0.384. The van der Waals surface area contributed by atoms with Crippen molar-refractivity contribution >= 4 is 28.9 Å². The van der Waals surface area contributed by atoms with Gasteiger partial charge < -0.3 is 10.1 Å². The zero-order valence-electron chi connectivity index (χ0n) is 16.8. The third-order valence-electron chi connectivity index (χ3n) is 4.77. The van der Waals surface area contributed by atoms with Crippen molar-refractivity contribution in [2.45, 2.75) is 33.8 Å². The number of nitrogens with zero attached hydrogens (tertiary/aromatic N) is 2. The van der Waals surface area contributed by atoms with Crippen molar-refractivity contribution in [1.29, 1.82) is 0 Å². The van der Waals surface area contributed by atoms with E-state index in [4.69, 9.17) is 4.74 Å². The molecule has 8 heteroatoms. The van der Waals surface area contributed by atoms with E-state index in [1.807, 2.05) is 45.9 Å². The molecule has 0 saturated carbocycles. The number of amides is 2. The summed E-state index contributed by atoms with van der Waals surface area (Å²) in [7, 11) is 0. The molecular weight excluding hydrogens is 374 g/mol. The van der Waals surface area contributed by atoms with Crippen molar-refractivity contribution in [1.82, 2.24) is 0 Å². The number of hydrogen-bond donors (Lipinski definition) is 1. The lowest BCUT2D eigenvalue weighted by atomic mass is 10.0. The van der Waals surface area contributed by atoms with Crippen LogP contribution < -0.4 is 15.0 Å². The number of rotatable bonds is 5. The second-order valence-corrected chi connectivity index (χ2v) is 7.48. The van der Waals surface area contributed by atoms with Crippen LogP contribution in [0.5, 0.6) is 5.75 Å². The van der Waals surface area contributed by atoms with Gasteiger partial charge in [0.15, 0.2) is 11.9 Å². The van der Waals surface area contributed by atoms with E-state index in [0.29, 0.717) is 11.4 Å². The molecule has 1 aliphatic rings. The Morgan fingerprint density at radius 2 is 1.97 bits per heavy atom. The minimum absolute atomic E-state index is 0.139. The van der Waals surface area contributed by atoms with E-state index in [2.05, 4.69) is 5.32 Å². The van der Waals surface area contributed by atoms with E-state index < -0.39 is 11.0 Å². The van der Waals surface area contributed by atoms with Gasteiger partial charge in [0.05, 0.1) is 16.7 Å². The summed E-state index contributed by atoms with van der Waals surface area (Å²) in [5, 5.41) is 13.9. The minimum atomic E-state index is -0.821. The number of aryl methyl sites for hydroxylation is 2. The number of nitro benzene ring substituents is 1. The first-order chi connectivity index (χ1) is 13.7. The molecule has 1 aliphatic heterocycles. The topological polar surface area (TPSA) is 102 Å². The summed E-state index contributed by atoms with van der Waals surface area (Å²) in [6.07, 6.45) is -0.821. The minimum Gasteiger partial charge on any atom is -0.478 e. The fourth-order valence-electron chi connectivity index (χ4n) is 3.26. The predicted octanol–water partition coefficient (Wildman–Crippen LogP) is 3.60. The number of hydrogen-bond acceptors (Lipinski definition) is 5. The molecule has 0 spiro atoms. The lowest BCUT2D eigenvalue weighted by Gasteiger charge is -2.35. The summed E-state index contributed by atoms with van der Waals surface area (Å²) in [6, 6.07) is 9.68. The molecule has 1 unspecified atom stereocenters. The number of carbonyl (C=O) groups excluding carboxylic acids is 2. The van der Waals surface area contributed by atoms with E-state index in [1.165, 1.54) is 23.1 Å². The lowest BCUT2D eigenvalue weighted by Crippen LogP contribution is -2.50. The van der Waals surface area contributed by atoms with Crippen molar-refractivity contribution < 1.29 is 19.2 Å². The average molecular weight is 397 g/mol. The molecule has 3 rings (SSSR count). The highest BCUT2D eigenvalue weighted by Gasteiger charge is 2.38. The highest BCUT2D eigenvalue weighted by Crippen LogP contribution is 2.38. The third kappa shape index (κ3) is 4.21. The molecule has 0 saturated heterocycles. The zero-order chi connectivity index (χ0) is 21.3. The molecule has 29 heavy (non-hydrogen) atoms. The molecule has 0 aliphatic carbocycles. The zero-order valence-corrected chi connectivity index (χ0v) is 16.8. The van der Waals surface area contributed by atoms with Crippen molar-refractivity contribution in [3.63, 3.8) is 0 Å². The maximum absolute atomic E-state index is 12.9. The Hall–Kier alpha value is -3.42. The number of benzene rings is 2. The number of carbonyl (C=O) groups is 2. The standard InChI is InChI=1S/C21H23N3O5/c1-12(2)20-21(26)23(17-8-6-15(24(27)28)10-18(17)29-20)11-19(25)22-16-7-5-13(3)9-14(16)4/h5-10,12,20H,11H2,1-4H3,(H,22,25). The van der Waals surface area contributed by atoms with Gasteiger partial charge in [0, 0.05) is 11.8 Å². The van der Waals surface area contributed by atoms with Gasteiger partial charge in [-0.15, -0.1) is 0 Å². The van der Waals surface area contributed by atoms with Gasteiger partial charge in [0.1, 0.15) is 6.54 Å². The monoisotopic (exact) mass is 397 g/mol. The van der Waals surface area contributed by atoms with Crippen LogP contribution in [0, 0.1) is 29.9 Å². The molecule has 2 aromatic carbocycles. The van der Waals surface area contributed by atoms with Gasteiger partial charge in [-0.2, -0.15) is 0 Å². The molecule has 8 nitrogen and oxygen atoms in total. The van der Waals surface area contributed by atoms with E-state index in [1.54, 1.807) is 0 Å². The van der Waals surface area contributed by atoms with Gasteiger partial charge in [-0.25, -0.2) is 0 Å². The van der Waals surface area contributed by atoms with Crippen molar-refractivity contribution in [2.24, 2.45) is 5.92 Å². The summed E-state index contributed by atoms with van der Waals surface area (Å²) >= 11 is 0. The molecule has 152 valence electrons. The summed E-state index contributed by atoms with van der Waals surface area (Å²) in [6.45, 7) is 7.28. The largest absolute Gasteiger partial charge is 0.478 e. The van der Waals surface area contributed by atoms with Gasteiger partial charge in [-0.05, 0) is 37.5 Å². The molecule has 1 atom stereocenters. The molecular formula is C21H23N3O5. The van der Waals surface area contributed by atoms with Gasteiger partial charge in [-0.1, -0.05) is 31.5 Å². The second-order valence-electron chi connectivity index (χ2n) is 7.48.